The van der Waals surface area contributed by atoms with Gasteiger partial charge in [0.2, 0.25) is 0 Å². The summed E-state index contributed by atoms with van der Waals surface area (Å²) < 4.78 is 9.00. The van der Waals surface area contributed by atoms with Crippen molar-refractivity contribution < 1.29 is 9.84 Å². The molecule has 5 atom stereocenters. The van der Waals surface area contributed by atoms with Crippen molar-refractivity contribution in [1.29, 1.82) is 0 Å². The highest BCUT2D eigenvalue weighted by atomic mass is 16.5. The summed E-state index contributed by atoms with van der Waals surface area (Å²) >= 11 is 0. The van der Waals surface area contributed by atoms with Crippen LogP contribution in [0.4, 0.5) is 0 Å². The summed E-state index contributed by atoms with van der Waals surface area (Å²) in [6.45, 7) is 19.8. The molecule has 2 heterocycles. The SMILES string of the molecule is C=CC(C)(C)n1cc(CC2CCC3C(=CCC4OC(C(C)(C)O)CCC43C)C2(C)C)c2ccccc21. The summed E-state index contributed by atoms with van der Waals surface area (Å²) in [6, 6.07) is 8.87. The van der Waals surface area contributed by atoms with Crippen LogP contribution in [0.5, 0.6) is 0 Å². The minimum Gasteiger partial charge on any atom is -0.388 e. The first-order valence-electron chi connectivity index (χ1n) is 14.1. The van der Waals surface area contributed by atoms with Crippen LogP contribution in [0.3, 0.4) is 0 Å². The molecule has 5 rings (SSSR count). The van der Waals surface area contributed by atoms with Crippen LogP contribution in [0.1, 0.15) is 86.1 Å². The van der Waals surface area contributed by atoms with E-state index in [2.05, 4.69) is 88.4 Å². The number of aromatic nitrogens is 1. The van der Waals surface area contributed by atoms with Gasteiger partial charge in [-0.1, -0.05) is 56.7 Å². The molecule has 2 aliphatic carbocycles. The van der Waals surface area contributed by atoms with Crippen LogP contribution in [0.25, 0.3) is 10.9 Å². The highest BCUT2D eigenvalue weighted by Gasteiger charge is 2.55. The number of benzene rings is 1. The normalized spacial score (nSPS) is 32.5. The fraction of sp³-hybridized carbons (Fsp3) is 0.636. The Hall–Kier alpha value is -1.84. The molecule has 1 saturated heterocycles. The summed E-state index contributed by atoms with van der Waals surface area (Å²) in [6.07, 6.45) is 13.8. The number of fused-ring (bicyclic) bond motifs is 4. The van der Waals surface area contributed by atoms with Crippen LogP contribution >= 0.6 is 0 Å². The predicted molar refractivity (Wildman–Crippen MR) is 150 cm³/mol. The van der Waals surface area contributed by atoms with Crippen LogP contribution in [-0.4, -0.2) is 27.5 Å². The van der Waals surface area contributed by atoms with Crippen molar-refractivity contribution >= 4 is 10.9 Å². The van der Waals surface area contributed by atoms with E-state index in [0.717, 1.165) is 25.7 Å². The Morgan fingerprint density at radius 2 is 1.83 bits per heavy atom. The van der Waals surface area contributed by atoms with Gasteiger partial charge in [0, 0.05) is 22.5 Å². The molecule has 1 aromatic carbocycles. The van der Waals surface area contributed by atoms with Crippen molar-refractivity contribution in [1.82, 2.24) is 4.57 Å². The predicted octanol–water partition coefficient (Wildman–Crippen LogP) is 7.81. The van der Waals surface area contributed by atoms with Crippen molar-refractivity contribution in [2.45, 2.75) is 110 Å². The lowest BCUT2D eigenvalue weighted by Gasteiger charge is -2.58. The van der Waals surface area contributed by atoms with Crippen LogP contribution in [0.15, 0.2) is 54.8 Å². The van der Waals surface area contributed by atoms with Gasteiger partial charge in [-0.2, -0.15) is 0 Å². The summed E-state index contributed by atoms with van der Waals surface area (Å²) in [5.41, 5.74) is 3.85. The molecule has 3 nitrogen and oxygen atoms in total. The zero-order valence-corrected chi connectivity index (χ0v) is 23.6. The molecular formula is C33H47NO2. The summed E-state index contributed by atoms with van der Waals surface area (Å²) in [4.78, 5) is 0. The van der Waals surface area contributed by atoms with E-state index in [-0.39, 0.29) is 28.6 Å². The molecule has 0 radical (unpaired) electrons. The van der Waals surface area contributed by atoms with E-state index in [1.165, 1.54) is 29.3 Å². The second-order valence-corrected chi connectivity index (χ2v) is 13.9. The highest BCUT2D eigenvalue weighted by Crippen LogP contribution is 2.60. The lowest BCUT2D eigenvalue weighted by Crippen LogP contribution is -2.56. The summed E-state index contributed by atoms with van der Waals surface area (Å²) in [5, 5.41) is 12.0. The Balaban J connectivity index is 1.44. The van der Waals surface area contributed by atoms with Gasteiger partial charge in [-0.05, 0) is 95.1 Å². The quantitative estimate of drug-likeness (QED) is 0.435. The standard InChI is InChI=1S/C33H47NO2/c1-9-30(2,3)34-21-22(24-12-10-11-13-27(24)34)20-23-14-15-26-25(31(23,4)5)16-17-29-33(26,8)19-18-28(36-29)32(6,7)35/h9-13,16,21,23,26,28-29,35H,1,14-15,17-20H2,2-8H3. The second kappa shape index (κ2) is 8.60. The molecule has 0 bridgehead atoms. The fourth-order valence-electron chi connectivity index (χ4n) is 7.77. The van der Waals surface area contributed by atoms with Crippen molar-refractivity contribution in [3.63, 3.8) is 0 Å². The molecule has 5 unspecified atom stereocenters. The largest absolute Gasteiger partial charge is 0.388 e. The maximum Gasteiger partial charge on any atom is 0.0860 e. The molecule has 3 aliphatic rings. The number of aliphatic hydroxyl groups is 1. The molecule has 3 heteroatoms. The Bertz CT molecular complexity index is 1180. The number of nitrogens with zero attached hydrogens (tertiary/aromatic N) is 1. The number of para-hydroxylation sites is 1. The first-order chi connectivity index (χ1) is 16.8. The highest BCUT2D eigenvalue weighted by molar-refractivity contribution is 5.84. The first kappa shape index (κ1) is 25.8. The zero-order chi connectivity index (χ0) is 26.1. The zero-order valence-electron chi connectivity index (χ0n) is 23.6. The smallest absolute Gasteiger partial charge is 0.0860 e. The summed E-state index contributed by atoms with van der Waals surface area (Å²) in [7, 11) is 0. The van der Waals surface area contributed by atoms with Crippen LogP contribution in [-0.2, 0) is 16.7 Å². The van der Waals surface area contributed by atoms with Crippen molar-refractivity contribution in [3.8, 4) is 0 Å². The maximum atomic E-state index is 10.6. The van der Waals surface area contributed by atoms with E-state index in [9.17, 15) is 5.11 Å². The van der Waals surface area contributed by atoms with E-state index >= 15 is 0 Å². The van der Waals surface area contributed by atoms with Gasteiger partial charge in [0.05, 0.1) is 23.3 Å². The lowest BCUT2D eigenvalue weighted by atomic mass is 9.50. The monoisotopic (exact) mass is 489 g/mol. The second-order valence-electron chi connectivity index (χ2n) is 13.9. The number of hydrogen-bond acceptors (Lipinski definition) is 2. The van der Waals surface area contributed by atoms with Gasteiger partial charge < -0.3 is 14.4 Å². The third-order valence-electron chi connectivity index (χ3n) is 10.5. The van der Waals surface area contributed by atoms with Gasteiger partial charge in [0.15, 0.2) is 0 Å². The molecular weight excluding hydrogens is 442 g/mol. The fourth-order valence-corrected chi connectivity index (χ4v) is 7.77. The molecule has 196 valence electrons. The van der Waals surface area contributed by atoms with Gasteiger partial charge in [-0.15, -0.1) is 6.58 Å². The Morgan fingerprint density at radius 1 is 1.11 bits per heavy atom. The molecule has 2 fully saturated rings. The van der Waals surface area contributed by atoms with Crippen molar-refractivity contribution in [2.75, 3.05) is 0 Å². The number of hydrogen-bond donors (Lipinski definition) is 1. The van der Waals surface area contributed by atoms with E-state index < -0.39 is 5.60 Å². The van der Waals surface area contributed by atoms with Crippen LogP contribution < -0.4 is 0 Å². The van der Waals surface area contributed by atoms with E-state index in [0.29, 0.717) is 11.8 Å². The molecule has 36 heavy (non-hydrogen) atoms. The average Bonchev–Trinajstić information content (AvgIpc) is 3.19. The van der Waals surface area contributed by atoms with Gasteiger partial charge >= 0.3 is 0 Å². The topological polar surface area (TPSA) is 34.4 Å². The third kappa shape index (κ3) is 4.02. The van der Waals surface area contributed by atoms with Crippen LogP contribution in [0.2, 0.25) is 0 Å². The maximum absolute atomic E-state index is 10.6. The number of allylic oxidation sites excluding steroid dienone is 2. The van der Waals surface area contributed by atoms with Gasteiger partial charge in [-0.25, -0.2) is 0 Å². The minimum atomic E-state index is -0.776. The van der Waals surface area contributed by atoms with Gasteiger partial charge in [0.25, 0.3) is 0 Å². The Morgan fingerprint density at radius 3 is 2.53 bits per heavy atom. The molecule has 0 spiro atoms. The Labute approximate surface area is 218 Å². The molecule has 1 saturated carbocycles. The van der Waals surface area contributed by atoms with Crippen molar-refractivity contribution in [3.05, 3.63) is 60.3 Å². The van der Waals surface area contributed by atoms with E-state index in [1.54, 1.807) is 5.57 Å². The average molecular weight is 490 g/mol. The van der Waals surface area contributed by atoms with Crippen LogP contribution in [0, 0.1) is 22.7 Å². The Kier molecular flexibility index (Phi) is 6.16. The van der Waals surface area contributed by atoms with E-state index in [4.69, 9.17) is 4.74 Å². The van der Waals surface area contributed by atoms with Gasteiger partial charge in [-0.3, -0.25) is 0 Å². The summed E-state index contributed by atoms with van der Waals surface area (Å²) in [5.74, 6) is 1.19. The molecule has 1 aliphatic heterocycles. The minimum absolute atomic E-state index is 0.0630. The molecule has 1 N–H and O–H groups in total. The van der Waals surface area contributed by atoms with Gasteiger partial charge in [0.1, 0.15) is 0 Å². The molecule has 0 amide bonds. The first-order valence-corrected chi connectivity index (χ1v) is 14.1. The molecule has 2 aromatic rings. The lowest BCUT2D eigenvalue weighted by molar-refractivity contribution is -0.199. The third-order valence-corrected chi connectivity index (χ3v) is 10.5. The van der Waals surface area contributed by atoms with Crippen molar-refractivity contribution in [2.24, 2.45) is 22.7 Å². The number of rotatable bonds is 5. The van der Waals surface area contributed by atoms with E-state index in [1.807, 2.05) is 13.8 Å². The molecule has 1 aromatic heterocycles. The number of ether oxygens (including phenoxy) is 1.